The predicted molar refractivity (Wildman–Crippen MR) is 173 cm³/mol. The Bertz CT molecular complexity index is 539. The molecule has 0 fully saturated rings. The van der Waals surface area contributed by atoms with E-state index in [0.29, 0.717) is 26.1 Å². The van der Waals surface area contributed by atoms with Crippen LogP contribution >= 0.6 is 0 Å². The van der Waals surface area contributed by atoms with E-state index in [1.165, 1.54) is 89.9 Å². The van der Waals surface area contributed by atoms with Gasteiger partial charge >= 0.3 is 0 Å². The Morgan fingerprint density at radius 2 is 0.780 bits per heavy atom. The third kappa shape index (κ3) is 31.5. The molecule has 0 saturated heterocycles. The van der Waals surface area contributed by atoms with Crippen LogP contribution in [-0.4, -0.2) is 38.4 Å². The first kappa shape index (κ1) is 39.7. The number of unbranched alkanes of at least 4 members (excludes halogenated alkanes) is 20. The summed E-state index contributed by atoms with van der Waals surface area (Å²) in [6.45, 7) is 5.87. The van der Waals surface area contributed by atoms with Gasteiger partial charge in [0.15, 0.2) is 12.6 Å². The Morgan fingerprint density at radius 3 is 1.15 bits per heavy atom. The van der Waals surface area contributed by atoms with E-state index in [9.17, 15) is 9.59 Å². The second-order valence-electron chi connectivity index (χ2n) is 11.3. The highest BCUT2D eigenvalue weighted by molar-refractivity contribution is 5.49. The van der Waals surface area contributed by atoms with E-state index in [2.05, 4.69) is 26.0 Å². The second kappa shape index (κ2) is 34.9. The van der Waals surface area contributed by atoms with Gasteiger partial charge in [-0.15, -0.1) is 0 Å². The summed E-state index contributed by atoms with van der Waals surface area (Å²) in [6, 6.07) is 0. The Labute approximate surface area is 254 Å². The molecule has 240 valence electrons. The number of allylic oxidation sites excluding steroid dienone is 2. The Hall–Kier alpha value is -1.30. The van der Waals surface area contributed by atoms with Crippen LogP contribution in [0.25, 0.3) is 0 Å². The van der Waals surface area contributed by atoms with Gasteiger partial charge in [-0.2, -0.15) is 0 Å². The van der Waals surface area contributed by atoms with Crippen molar-refractivity contribution in [3.05, 3.63) is 24.3 Å². The molecular formula is C36H66O5. The molecule has 0 N–H and O–H groups in total. The van der Waals surface area contributed by atoms with Crippen LogP contribution in [0.2, 0.25) is 0 Å². The molecule has 0 saturated carbocycles. The van der Waals surface area contributed by atoms with Crippen LogP contribution in [0.15, 0.2) is 24.3 Å². The molecule has 0 rings (SSSR count). The van der Waals surface area contributed by atoms with Gasteiger partial charge in [0.2, 0.25) is 0 Å². The smallest absolute Gasteiger partial charge is 0.180 e. The molecule has 0 spiro atoms. The summed E-state index contributed by atoms with van der Waals surface area (Å²) < 4.78 is 18.7. The van der Waals surface area contributed by atoms with Gasteiger partial charge in [0.05, 0.1) is 13.2 Å². The minimum atomic E-state index is -0.450. The van der Waals surface area contributed by atoms with Gasteiger partial charge in [-0.25, -0.2) is 0 Å². The van der Waals surface area contributed by atoms with Gasteiger partial charge in [0, 0.05) is 12.8 Å². The van der Waals surface area contributed by atoms with Gasteiger partial charge in [-0.3, -0.25) is 0 Å². The van der Waals surface area contributed by atoms with Crippen molar-refractivity contribution < 1.29 is 23.8 Å². The van der Waals surface area contributed by atoms with Crippen LogP contribution in [0, 0.1) is 0 Å². The van der Waals surface area contributed by atoms with Crippen LogP contribution in [0.1, 0.15) is 168 Å². The number of carbonyl (C=O) groups is 2. The number of hydrogen-bond acceptors (Lipinski definition) is 5. The van der Waals surface area contributed by atoms with E-state index in [1.54, 1.807) is 0 Å². The molecule has 0 aliphatic rings. The lowest BCUT2D eigenvalue weighted by Crippen LogP contribution is -2.25. The molecule has 0 aromatic rings. The van der Waals surface area contributed by atoms with E-state index >= 15 is 0 Å². The molecule has 2 atom stereocenters. The number of hydrogen-bond donors (Lipinski definition) is 0. The average molecular weight is 579 g/mol. The number of aldehydes is 2. The normalized spacial score (nSPS) is 13.3. The Kier molecular flexibility index (Phi) is 33.8. The molecule has 0 heterocycles. The molecule has 0 bridgehead atoms. The van der Waals surface area contributed by atoms with Crippen LogP contribution in [-0.2, 0) is 23.8 Å². The fraction of sp³-hybridized carbons (Fsp3) is 0.833. The van der Waals surface area contributed by atoms with Crippen molar-refractivity contribution in [2.45, 2.75) is 181 Å². The lowest BCUT2D eigenvalue weighted by atomic mass is 10.1. The zero-order valence-corrected chi connectivity index (χ0v) is 27.0. The highest BCUT2D eigenvalue weighted by Crippen LogP contribution is 2.14. The largest absolute Gasteiger partial charge is 0.349 e. The van der Waals surface area contributed by atoms with Crippen molar-refractivity contribution in [3.8, 4) is 0 Å². The van der Waals surface area contributed by atoms with Crippen molar-refractivity contribution in [2.24, 2.45) is 0 Å². The lowest BCUT2D eigenvalue weighted by Gasteiger charge is -2.22. The zero-order valence-electron chi connectivity index (χ0n) is 27.0. The predicted octanol–water partition coefficient (Wildman–Crippen LogP) is 10.6. The van der Waals surface area contributed by atoms with Crippen LogP contribution in [0.4, 0.5) is 0 Å². The highest BCUT2D eigenvalue weighted by atomic mass is 16.8. The molecule has 0 aromatic carbocycles. The van der Waals surface area contributed by atoms with Crippen LogP contribution < -0.4 is 0 Å². The van der Waals surface area contributed by atoms with Crippen molar-refractivity contribution in [3.63, 3.8) is 0 Å². The third-order valence-corrected chi connectivity index (χ3v) is 7.30. The molecule has 0 aromatic heterocycles. The second-order valence-corrected chi connectivity index (χ2v) is 11.3. The molecule has 41 heavy (non-hydrogen) atoms. The average Bonchev–Trinajstić information content (AvgIpc) is 2.98. The highest BCUT2D eigenvalue weighted by Gasteiger charge is 2.13. The monoisotopic (exact) mass is 578 g/mol. The molecule has 0 aliphatic carbocycles. The van der Waals surface area contributed by atoms with Crippen LogP contribution in [0.3, 0.4) is 0 Å². The van der Waals surface area contributed by atoms with E-state index in [0.717, 1.165) is 63.9 Å². The summed E-state index contributed by atoms with van der Waals surface area (Å²) in [4.78, 5) is 21.2. The van der Waals surface area contributed by atoms with E-state index in [4.69, 9.17) is 14.2 Å². The summed E-state index contributed by atoms with van der Waals surface area (Å²) in [5.41, 5.74) is 0. The molecule has 0 amide bonds. The van der Waals surface area contributed by atoms with Gasteiger partial charge in [-0.05, 0) is 63.5 Å². The maximum atomic E-state index is 10.6. The number of carbonyl (C=O) groups excluding carboxylic acids is 2. The topological polar surface area (TPSA) is 61.8 Å². The van der Waals surface area contributed by atoms with Crippen molar-refractivity contribution >= 4 is 12.6 Å². The van der Waals surface area contributed by atoms with E-state index in [-0.39, 0.29) is 0 Å². The van der Waals surface area contributed by atoms with Gasteiger partial charge in [-0.1, -0.05) is 116 Å². The SMILES string of the molecule is CCCCCCCCCCOC(C=CCCCCC=O)OC(C=CCCCCC=O)OCCCCCCCCCC. The lowest BCUT2D eigenvalue weighted by molar-refractivity contribution is -0.208. The van der Waals surface area contributed by atoms with E-state index < -0.39 is 12.6 Å². The first-order valence-electron chi connectivity index (χ1n) is 17.4. The Balaban J connectivity index is 4.77. The van der Waals surface area contributed by atoms with E-state index in [1.807, 2.05) is 12.2 Å². The van der Waals surface area contributed by atoms with Crippen LogP contribution in [0.5, 0.6) is 0 Å². The number of ether oxygens (including phenoxy) is 3. The fourth-order valence-electron chi connectivity index (χ4n) is 4.68. The van der Waals surface area contributed by atoms with Gasteiger partial charge in [0.25, 0.3) is 0 Å². The maximum absolute atomic E-state index is 10.6. The molecule has 5 nitrogen and oxygen atoms in total. The zero-order chi connectivity index (χ0) is 29.9. The molecule has 5 heteroatoms. The molecule has 0 aliphatic heterocycles. The van der Waals surface area contributed by atoms with Gasteiger partial charge in [0.1, 0.15) is 12.6 Å². The fourth-order valence-corrected chi connectivity index (χ4v) is 4.68. The quantitative estimate of drug-likeness (QED) is 0.0329. The minimum absolute atomic E-state index is 0.450. The third-order valence-electron chi connectivity index (χ3n) is 7.30. The maximum Gasteiger partial charge on any atom is 0.180 e. The summed E-state index contributed by atoms with van der Waals surface area (Å²) in [7, 11) is 0. The van der Waals surface area contributed by atoms with Gasteiger partial charge < -0.3 is 23.8 Å². The summed E-state index contributed by atoms with van der Waals surface area (Å²) in [6.07, 6.45) is 36.4. The molecule has 2 unspecified atom stereocenters. The standard InChI is InChI=1S/C36H66O5/c1-3-5-7-9-11-13-21-27-33-39-35(29-23-17-15-19-25-31-37)41-36(30-24-18-16-20-26-32-38)40-34-28-22-14-12-10-8-6-4-2/h23-24,29-32,35-36H,3-22,25-28,33-34H2,1-2H3. The summed E-state index contributed by atoms with van der Waals surface area (Å²) in [5, 5.41) is 0. The van der Waals surface area contributed by atoms with Crippen molar-refractivity contribution in [1.82, 2.24) is 0 Å². The number of rotatable bonds is 34. The summed E-state index contributed by atoms with van der Waals surface area (Å²) >= 11 is 0. The van der Waals surface area contributed by atoms with Crippen molar-refractivity contribution in [1.29, 1.82) is 0 Å². The summed E-state index contributed by atoms with van der Waals surface area (Å²) in [5.74, 6) is 0. The minimum Gasteiger partial charge on any atom is -0.349 e. The first-order valence-corrected chi connectivity index (χ1v) is 17.4. The Morgan fingerprint density at radius 1 is 0.439 bits per heavy atom. The first-order chi connectivity index (χ1) is 20.3. The molecule has 0 radical (unpaired) electrons. The molecular weight excluding hydrogens is 512 g/mol. The van der Waals surface area contributed by atoms with Crippen molar-refractivity contribution in [2.75, 3.05) is 13.2 Å².